The van der Waals surface area contributed by atoms with Crippen molar-refractivity contribution in [2.75, 3.05) is 12.4 Å². The van der Waals surface area contributed by atoms with Gasteiger partial charge in [-0.25, -0.2) is 0 Å². The van der Waals surface area contributed by atoms with Crippen LogP contribution in [0.5, 0.6) is 23.0 Å². The van der Waals surface area contributed by atoms with Crippen molar-refractivity contribution in [3.63, 3.8) is 0 Å². The highest BCUT2D eigenvalue weighted by molar-refractivity contribution is 6.02. The highest BCUT2D eigenvalue weighted by atomic mass is 16.6. The summed E-state index contributed by atoms with van der Waals surface area (Å²) in [7, 11) is 1.55. The molecule has 0 fully saturated rings. The van der Waals surface area contributed by atoms with Crippen LogP contribution in [-0.4, -0.2) is 17.9 Å². The van der Waals surface area contributed by atoms with E-state index in [1.165, 1.54) is 24.3 Å². The number of non-ortho nitro benzene ring substituents is 1. The molecule has 9 heteroatoms. The topological polar surface area (TPSA) is 113 Å². The Morgan fingerprint density at radius 3 is 2.42 bits per heavy atom. The molecule has 0 aliphatic heterocycles. The summed E-state index contributed by atoms with van der Waals surface area (Å²) < 4.78 is 22.3. The van der Waals surface area contributed by atoms with Crippen molar-refractivity contribution < 1.29 is 28.3 Å². The molecule has 1 heterocycles. The number of aryl methyl sites for hydroxylation is 2. The standard InChI is InChI=1S/C27H24N2O7/c1-17-4-5-18(2)26(12-17)34-16-23-10-11-25(36-23)27(30)28-19-13-20(29(31)32)15-24(14-19)35-22-8-6-21(33-3)7-9-22/h4-15H,16H2,1-3H3,(H,28,30). The van der Waals surface area contributed by atoms with Gasteiger partial charge in [-0.2, -0.15) is 0 Å². The van der Waals surface area contributed by atoms with Crippen molar-refractivity contribution in [3.05, 3.63) is 106 Å². The van der Waals surface area contributed by atoms with Crippen LogP contribution in [0.15, 0.2) is 77.2 Å². The Kier molecular flexibility index (Phi) is 7.20. The Hall–Kier alpha value is -4.79. The van der Waals surface area contributed by atoms with Crippen LogP contribution in [-0.2, 0) is 6.61 Å². The van der Waals surface area contributed by atoms with E-state index in [2.05, 4.69) is 5.32 Å². The Morgan fingerprint density at radius 2 is 1.69 bits per heavy atom. The molecule has 0 aliphatic carbocycles. The molecular weight excluding hydrogens is 464 g/mol. The van der Waals surface area contributed by atoms with E-state index in [9.17, 15) is 14.9 Å². The first-order chi connectivity index (χ1) is 17.3. The molecule has 1 amide bonds. The summed E-state index contributed by atoms with van der Waals surface area (Å²) in [6, 6.07) is 19.8. The van der Waals surface area contributed by atoms with Gasteiger partial charge in [0.1, 0.15) is 35.4 Å². The van der Waals surface area contributed by atoms with Crippen molar-refractivity contribution in [1.29, 1.82) is 0 Å². The summed E-state index contributed by atoms with van der Waals surface area (Å²) in [5.41, 5.74) is 2.01. The fraction of sp³-hybridized carbons (Fsp3) is 0.148. The van der Waals surface area contributed by atoms with Crippen molar-refractivity contribution >= 4 is 17.3 Å². The number of nitro benzene ring substituents is 1. The molecule has 4 aromatic rings. The van der Waals surface area contributed by atoms with E-state index in [0.29, 0.717) is 17.3 Å². The second kappa shape index (κ2) is 10.6. The lowest BCUT2D eigenvalue weighted by Gasteiger charge is -2.10. The lowest BCUT2D eigenvalue weighted by Crippen LogP contribution is -2.11. The van der Waals surface area contributed by atoms with Crippen LogP contribution in [0.1, 0.15) is 27.4 Å². The van der Waals surface area contributed by atoms with Gasteiger partial charge in [-0.1, -0.05) is 12.1 Å². The predicted octanol–water partition coefficient (Wildman–Crippen LogP) is 6.44. The van der Waals surface area contributed by atoms with Gasteiger partial charge in [-0.05, 0) is 67.4 Å². The molecule has 9 nitrogen and oxygen atoms in total. The number of hydrogen-bond donors (Lipinski definition) is 1. The fourth-order valence-corrected chi connectivity index (χ4v) is 3.38. The van der Waals surface area contributed by atoms with E-state index in [4.69, 9.17) is 18.6 Å². The third kappa shape index (κ3) is 6.01. The smallest absolute Gasteiger partial charge is 0.291 e. The molecule has 36 heavy (non-hydrogen) atoms. The van der Waals surface area contributed by atoms with Gasteiger partial charge in [0.05, 0.1) is 23.8 Å². The number of rotatable bonds is 9. The zero-order valence-corrected chi connectivity index (χ0v) is 19.9. The summed E-state index contributed by atoms with van der Waals surface area (Å²) in [6.07, 6.45) is 0. The lowest BCUT2D eigenvalue weighted by molar-refractivity contribution is -0.384. The third-order valence-electron chi connectivity index (χ3n) is 5.25. The number of amides is 1. The molecule has 0 saturated heterocycles. The molecule has 0 radical (unpaired) electrons. The number of anilines is 1. The second-order valence-electron chi connectivity index (χ2n) is 8.03. The molecule has 0 unspecified atom stereocenters. The minimum absolute atomic E-state index is 0.0405. The van der Waals surface area contributed by atoms with Crippen molar-refractivity contribution in [3.8, 4) is 23.0 Å². The summed E-state index contributed by atoms with van der Waals surface area (Å²) in [4.78, 5) is 23.6. The van der Waals surface area contributed by atoms with E-state index >= 15 is 0 Å². The number of methoxy groups -OCH3 is 1. The number of ether oxygens (including phenoxy) is 3. The first-order valence-electron chi connectivity index (χ1n) is 11.0. The lowest BCUT2D eigenvalue weighted by atomic mass is 10.1. The van der Waals surface area contributed by atoms with Crippen LogP contribution in [0.2, 0.25) is 0 Å². The quantitative estimate of drug-likeness (QED) is 0.213. The molecule has 0 saturated carbocycles. The Bertz CT molecular complexity index is 1390. The molecule has 0 aliphatic rings. The highest BCUT2D eigenvalue weighted by Crippen LogP contribution is 2.31. The van der Waals surface area contributed by atoms with Gasteiger partial charge in [0.2, 0.25) is 0 Å². The first kappa shape index (κ1) is 24.3. The van der Waals surface area contributed by atoms with Gasteiger partial charge >= 0.3 is 0 Å². The number of carbonyl (C=O) groups is 1. The van der Waals surface area contributed by atoms with Gasteiger partial charge in [0, 0.05) is 12.1 Å². The van der Waals surface area contributed by atoms with Gasteiger partial charge in [-0.15, -0.1) is 0 Å². The average Bonchev–Trinajstić information content (AvgIpc) is 3.34. The van der Waals surface area contributed by atoms with Crippen LogP contribution in [0.4, 0.5) is 11.4 Å². The van der Waals surface area contributed by atoms with Gasteiger partial charge in [0.25, 0.3) is 11.6 Å². The van der Waals surface area contributed by atoms with E-state index in [-0.39, 0.29) is 29.5 Å². The zero-order valence-electron chi connectivity index (χ0n) is 19.9. The minimum atomic E-state index is -0.566. The van der Waals surface area contributed by atoms with E-state index < -0.39 is 10.8 Å². The van der Waals surface area contributed by atoms with Gasteiger partial charge in [0.15, 0.2) is 5.76 Å². The SMILES string of the molecule is COc1ccc(Oc2cc(NC(=O)c3ccc(COc4cc(C)ccc4C)o3)cc([N+](=O)[O-])c2)cc1. The van der Waals surface area contributed by atoms with E-state index in [1.807, 2.05) is 32.0 Å². The molecule has 1 aromatic heterocycles. The van der Waals surface area contributed by atoms with Crippen LogP contribution in [0.3, 0.4) is 0 Å². The minimum Gasteiger partial charge on any atom is -0.497 e. The number of furan rings is 1. The summed E-state index contributed by atoms with van der Waals surface area (Å²) >= 11 is 0. The summed E-state index contributed by atoms with van der Waals surface area (Å²) in [5.74, 6) is 1.95. The van der Waals surface area contributed by atoms with E-state index in [1.54, 1.807) is 37.4 Å². The number of carbonyl (C=O) groups excluding carboxylic acids is 1. The second-order valence-corrected chi connectivity index (χ2v) is 8.03. The third-order valence-corrected chi connectivity index (χ3v) is 5.25. The largest absolute Gasteiger partial charge is 0.497 e. The number of nitro groups is 1. The maximum Gasteiger partial charge on any atom is 0.291 e. The zero-order chi connectivity index (χ0) is 25.7. The molecule has 184 valence electrons. The number of nitrogens with zero attached hydrogens (tertiary/aromatic N) is 1. The van der Waals surface area contributed by atoms with Crippen molar-refractivity contribution in [2.24, 2.45) is 0 Å². The Labute approximate surface area is 207 Å². The molecule has 0 bridgehead atoms. The maximum absolute atomic E-state index is 12.8. The molecule has 1 N–H and O–H groups in total. The predicted molar refractivity (Wildman–Crippen MR) is 133 cm³/mol. The Morgan fingerprint density at radius 1 is 0.944 bits per heavy atom. The highest BCUT2D eigenvalue weighted by Gasteiger charge is 2.16. The van der Waals surface area contributed by atoms with Crippen molar-refractivity contribution in [1.82, 2.24) is 0 Å². The summed E-state index contributed by atoms with van der Waals surface area (Å²) in [6.45, 7) is 4.07. The molecular formula is C27H24N2O7. The van der Waals surface area contributed by atoms with Gasteiger partial charge in [-0.3, -0.25) is 14.9 Å². The average molecular weight is 488 g/mol. The number of benzene rings is 3. The van der Waals surface area contributed by atoms with Crippen LogP contribution in [0, 0.1) is 24.0 Å². The Balaban J connectivity index is 1.46. The number of hydrogen-bond acceptors (Lipinski definition) is 7. The monoisotopic (exact) mass is 488 g/mol. The van der Waals surface area contributed by atoms with Crippen LogP contribution in [0.25, 0.3) is 0 Å². The first-order valence-corrected chi connectivity index (χ1v) is 11.0. The molecule has 0 spiro atoms. The van der Waals surface area contributed by atoms with Crippen LogP contribution < -0.4 is 19.5 Å². The maximum atomic E-state index is 12.8. The van der Waals surface area contributed by atoms with Crippen molar-refractivity contribution in [2.45, 2.75) is 20.5 Å². The fourth-order valence-electron chi connectivity index (χ4n) is 3.38. The number of nitrogens with one attached hydrogen (secondary N) is 1. The van der Waals surface area contributed by atoms with E-state index in [0.717, 1.165) is 16.9 Å². The molecule has 4 rings (SSSR count). The van der Waals surface area contributed by atoms with Crippen LogP contribution >= 0.6 is 0 Å². The molecule has 3 aromatic carbocycles. The molecule has 0 atom stereocenters. The van der Waals surface area contributed by atoms with Gasteiger partial charge < -0.3 is 23.9 Å². The summed E-state index contributed by atoms with van der Waals surface area (Å²) in [5, 5.41) is 14.0. The normalized spacial score (nSPS) is 10.5.